The molecule has 8 nitrogen and oxygen atoms in total. The molecule has 2 aromatic rings. The summed E-state index contributed by atoms with van der Waals surface area (Å²) in [6.07, 6.45) is 7.42. The molecule has 0 saturated carbocycles. The number of carbonyl (C=O) groups is 1. The summed E-state index contributed by atoms with van der Waals surface area (Å²) in [5, 5.41) is 2.99. The average molecular weight is 300 g/mol. The summed E-state index contributed by atoms with van der Waals surface area (Å²) in [5.74, 6) is 0.498. The molecule has 0 aromatic carbocycles. The Kier molecular flexibility index (Phi) is 4.19. The molecule has 3 rings (SSSR count). The molecule has 8 heteroatoms. The van der Waals surface area contributed by atoms with Gasteiger partial charge in [-0.15, -0.1) is 0 Å². The van der Waals surface area contributed by atoms with Crippen LogP contribution in [0.5, 0.6) is 0 Å². The number of amides is 1. The zero-order valence-electron chi connectivity index (χ0n) is 12.1. The van der Waals surface area contributed by atoms with E-state index in [1.807, 2.05) is 0 Å². The molecule has 0 radical (unpaired) electrons. The number of rotatable bonds is 3. The number of nitrogens with zero attached hydrogens (tertiary/aromatic N) is 5. The van der Waals surface area contributed by atoms with Gasteiger partial charge in [-0.2, -0.15) is 0 Å². The molecule has 22 heavy (non-hydrogen) atoms. The zero-order chi connectivity index (χ0) is 15.4. The minimum atomic E-state index is -0.314. The van der Waals surface area contributed by atoms with Gasteiger partial charge in [0.2, 0.25) is 0 Å². The predicted molar refractivity (Wildman–Crippen MR) is 78.2 cm³/mol. The van der Waals surface area contributed by atoms with Gasteiger partial charge in [0, 0.05) is 38.4 Å². The van der Waals surface area contributed by atoms with Crippen molar-refractivity contribution in [3.05, 3.63) is 42.4 Å². The van der Waals surface area contributed by atoms with Crippen LogP contribution in [-0.4, -0.2) is 57.5 Å². The molecule has 0 aliphatic carbocycles. The topological polar surface area (TPSA) is 93.1 Å². The van der Waals surface area contributed by atoms with Crippen LogP contribution in [0.4, 0.5) is 5.82 Å². The van der Waals surface area contributed by atoms with E-state index < -0.39 is 0 Å². The summed E-state index contributed by atoms with van der Waals surface area (Å²) in [4.78, 5) is 30.7. The standard InChI is InChI=1S/C14H16N6O2/c1-15-13-12(18-4-5-19-13)11-9-20(6-7-22-11)14(21)10-8-16-2-3-17-10/h2-5,8,11H,6-7,9H2,1H3,(H,15,19)/t11-/m0/s1. The van der Waals surface area contributed by atoms with Crippen molar-refractivity contribution in [2.45, 2.75) is 6.10 Å². The van der Waals surface area contributed by atoms with E-state index in [-0.39, 0.29) is 12.0 Å². The van der Waals surface area contributed by atoms with Gasteiger partial charge in [-0.1, -0.05) is 0 Å². The fourth-order valence-electron chi connectivity index (χ4n) is 2.35. The molecule has 1 atom stereocenters. The molecule has 1 N–H and O–H groups in total. The van der Waals surface area contributed by atoms with E-state index in [1.54, 1.807) is 24.3 Å². The minimum Gasteiger partial charge on any atom is -0.372 e. The van der Waals surface area contributed by atoms with Crippen LogP contribution in [0, 0.1) is 0 Å². The van der Waals surface area contributed by atoms with Crippen molar-refractivity contribution in [2.24, 2.45) is 0 Å². The normalized spacial score (nSPS) is 18.0. The fraction of sp³-hybridized carbons (Fsp3) is 0.357. The van der Waals surface area contributed by atoms with Crippen LogP contribution in [0.1, 0.15) is 22.3 Å². The number of aromatic nitrogens is 4. The van der Waals surface area contributed by atoms with Crippen LogP contribution in [0.15, 0.2) is 31.0 Å². The third-order valence-corrected chi connectivity index (χ3v) is 3.40. The first-order valence-electron chi connectivity index (χ1n) is 6.95. The van der Waals surface area contributed by atoms with Gasteiger partial charge in [0.05, 0.1) is 19.3 Å². The molecule has 0 spiro atoms. The number of anilines is 1. The van der Waals surface area contributed by atoms with Crippen LogP contribution < -0.4 is 5.32 Å². The highest BCUT2D eigenvalue weighted by atomic mass is 16.5. The maximum absolute atomic E-state index is 12.4. The van der Waals surface area contributed by atoms with Gasteiger partial charge < -0.3 is 15.0 Å². The number of carbonyl (C=O) groups excluding carboxylic acids is 1. The first-order chi connectivity index (χ1) is 10.8. The van der Waals surface area contributed by atoms with E-state index in [2.05, 4.69) is 25.3 Å². The molecular formula is C14H16N6O2. The Morgan fingerprint density at radius 1 is 1.27 bits per heavy atom. The molecule has 114 valence electrons. The van der Waals surface area contributed by atoms with Gasteiger partial charge in [0.1, 0.15) is 23.3 Å². The van der Waals surface area contributed by atoms with Gasteiger partial charge in [0.25, 0.3) is 5.91 Å². The second-order valence-electron chi connectivity index (χ2n) is 4.74. The summed E-state index contributed by atoms with van der Waals surface area (Å²) in [6.45, 7) is 1.36. The van der Waals surface area contributed by atoms with Crippen molar-refractivity contribution in [1.82, 2.24) is 24.8 Å². The lowest BCUT2D eigenvalue weighted by Gasteiger charge is -2.32. The van der Waals surface area contributed by atoms with E-state index in [9.17, 15) is 4.79 Å². The number of ether oxygens (including phenoxy) is 1. The van der Waals surface area contributed by atoms with Gasteiger partial charge >= 0.3 is 0 Å². The van der Waals surface area contributed by atoms with Crippen LogP contribution in [0.25, 0.3) is 0 Å². The molecule has 1 aliphatic rings. The molecule has 0 unspecified atom stereocenters. The van der Waals surface area contributed by atoms with Gasteiger partial charge in [-0.05, 0) is 0 Å². The second kappa shape index (κ2) is 6.44. The zero-order valence-corrected chi connectivity index (χ0v) is 12.1. The SMILES string of the molecule is CNc1nccnc1[C@@H]1CN(C(=O)c2cnccn2)CCO1. The third kappa shape index (κ3) is 2.86. The summed E-state index contributed by atoms with van der Waals surface area (Å²) in [5.41, 5.74) is 1.03. The Balaban J connectivity index is 1.78. The average Bonchev–Trinajstić information content (AvgIpc) is 2.62. The van der Waals surface area contributed by atoms with Crippen LogP contribution in [0.2, 0.25) is 0 Å². The van der Waals surface area contributed by atoms with E-state index in [1.165, 1.54) is 18.6 Å². The molecule has 1 amide bonds. The Morgan fingerprint density at radius 3 is 2.86 bits per heavy atom. The number of hydrogen-bond donors (Lipinski definition) is 1. The first kappa shape index (κ1) is 14.3. The van der Waals surface area contributed by atoms with Crippen molar-refractivity contribution in [3.8, 4) is 0 Å². The quantitative estimate of drug-likeness (QED) is 0.883. The van der Waals surface area contributed by atoms with Crippen LogP contribution in [0.3, 0.4) is 0 Å². The number of morpholine rings is 1. The van der Waals surface area contributed by atoms with Gasteiger partial charge in [-0.3, -0.25) is 14.8 Å². The van der Waals surface area contributed by atoms with E-state index >= 15 is 0 Å². The Labute approximate surface area is 127 Å². The predicted octanol–water partition coefficient (Wildman–Crippen LogP) is 0.522. The van der Waals surface area contributed by atoms with E-state index in [4.69, 9.17) is 4.74 Å². The highest BCUT2D eigenvalue weighted by Crippen LogP contribution is 2.25. The number of nitrogens with one attached hydrogen (secondary N) is 1. The Hall–Kier alpha value is -2.61. The molecule has 3 heterocycles. The van der Waals surface area contributed by atoms with Crippen LogP contribution >= 0.6 is 0 Å². The van der Waals surface area contributed by atoms with Crippen molar-refractivity contribution >= 4 is 11.7 Å². The maximum atomic E-state index is 12.4. The largest absolute Gasteiger partial charge is 0.372 e. The highest BCUT2D eigenvalue weighted by Gasteiger charge is 2.29. The van der Waals surface area contributed by atoms with Gasteiger partial charge in [0.15, 0.2) is 0 Å². The first-order valence-corrected chi connectivity index (χ1v) is 6.95. The number of hydrogen-bond acceptors (Lipinski definition) is 7. The molecule has 1 saturated heterocycles. The Morgan fingerprint density at radius 2 is 2.09 bits per heavy atom. The fourth-order valence-corrected chi connectivity index (χ4v) is 2.35. The monoisotopic (exact) mass is 300 g/mol. The highest BCUT2D eigenvalue weighted by molar-refractivity contribution is 5.92. The lowest BCUT2D eigenvalue weighted by Crippen LogP contribution is -2.43. The van der Waals surface area contributed by atoms with Crippen molar-refractivity contribution in [3.63, 3.8) is 0 Å². The lowest BCUT2D eigenvalue weighted by molar-refractivity contribution is -0.0247. The second-order valence-corrected chi connectivity index (χ2v) is 4.74. The minimum absolute atomic E-state index is 0.156. The van der Waals surface area contributed by atoms with E-state index in [0.29, 0.717) is 36.9 Å². The molecule has 0 bridgehead atoms. The summed E-state index contributed by atoms with van der Waals surface area (Å²) >= 11 is 0. The molecule has 1 fully saturated rings. The molecule has 2 aromatic heterocycles. The van der Waals surface area contributed by atoms with Crippen molar-refractivity contribution in [1.29, 1.82) is 0 Å². The Bertz CT molecular complexity index is 651. The van der Waals surface area contributed by atoms with Crippen molar-refractivity contribution < 1.29 is 9.53 Å². The smallest absolute Gasteiger partial charge is 0.274 e. The summed E-state index contributed by atoms with van der Waals surface area (Å²) < 4.78 is 5.75. The van der Waals surface area contributed by atoms with E-state index in [0.717, 1.165) is 0 Å². The van der Waals surface area contributed by atoms with Crippen molar-refractivity contribution in [2.75, 3.05) is 32.1 Å². The van der Waals surface area contributed by atoms with Gasteiger partial charge in [-0.25, -0.2) is 9.97 Å². The summed E-state index contributed by atoms with van der Waals surface area (Å²) in [7, 11) is 1.78. The van der Waals surface area contributed by atoms with Crippen LogP contribution in [-0.2, 0) is 4.74 Å². The summed E-state index contributed by atoms with van der Waals surface area (Å²) in [6, 6.07) is 0. The molecule has 1 aliphatic heterocycles. The third-order valence-electron chi connectivity index (χ3n) is 3.40. The molecular weight excluding hydrogens is 284 g/mol. The maximum Gasteiger partial charge on any atom is 0.274 e. The lowest BCUT2D eigenvalue weighted by atomic mass is 10.2.